The predicted molar refractivity (Wildman–Crippen MR) is 81.6 cm³/mol. The number of alkyl halides is 1. The molecule has 0 spiro atoms. The van der Waals surface area contributed by atoms with Crippen molar-refractivity contribution in [2.45, 2.75) is 18.9 Å². The van der Waals surface area contributed by atoms with Gasteiger partial charge < -0.3 is 4.90 Å². The Labute approximate surface area is 128 Å². The van der Waals surface area contributed by atoms with Crippen molar-refractivity contribution >= 4 is 56.0 Å². The minimum atomic E-state index is 0.0962. The fourth-order valence-corrected chi connectivity index (χ4v) is 2.85. The van der Waals surface area contributed by atoms with E-state index in [1.165, 1.54) is 0 Å². The van der Waals surface area contributed by atoms with E-state index in [4.69, 9.17) is 11.6 Å². The van der Waals surface area contributed by atoms with Crippen molar-refractivity contribution < 1.29 is 4.79 Å². The first-order chi connectivity index (χ1) is 8.13. The third kappa shape index (κ3) is 3.35. The number of amides is 1. The third-order valence-corrected chi connectivity index (χ3v) is 4.34. The normalized spacial score (nSPS) is 14.8. The first-order valence-corrected chi connectivity index (χ1v) is 7.86. The van der Waals surface area contributed by atoms with Crippen LogP contribution >= 0.6 is 50.1 Å². The Bertz CT molecular complexity index is 437. The zero-order valence-electron chi connectivity index (χ0n) is 9.13. The Hall–Kier alpha value is 0.190. The highest BCUT2D eigenvalue weighted by Gasteiger charge is 2.33. The minimum Gasteiger partial charge on any atom is -0.334 e. The summed E-state index contributed by atoms with van der Waals surface area (Å²) in [5.41, 5.74) is 0.761. The van der Waals surface area contributed by atoms with E-state index in [-0.39, 0.29) is 5.91 Å². The summed E-state index contributed by atoms with van der Waals surface area (Å²) >= 11 is 11.4. The van der Waals surface area contributed by atoms with Crippen molar-refractivity contribution in [3.05, 3.63) is 31.8 Å². The summed E-state index contributed by atoms with van der Waals surface area (Å²) in [6, 6.07) is 6.18. The van der Waals surface area contributed by atoms with Gasteiger partial charge in [0.15, 0.2) is 0 Å². The molecule has 1 aromatic rings. The number of nitrogens with zero attached hydrogens (tertiary/aromatic N) is 1. The van der Waals surface area contributed by atoms with Gasteiger partial charge in [-0.25, -0.2) is 0 Å². The molecule has 1 saturated carbocycles. The molecule has 0 bridgehead atoms. The van der Waals surface area contributed by atoms with E-state index in [2.05, 4.69) is 38.5 Å². The summed E-state index contributed by atoms with van der Waals surface area (Å²) in [6.07, 6.45) is 2.21. The summed E-state index contributed by atoms with van der Waals surface area (Å²) in [5, 5.41) is 0. The van der Waals surface area contributed by atoms with E-state index >= 15 is 0 Å². The number of carbonyl (C=O) groups is 1. The van der Waals surface area contributed by atoms with Crippen molar-refractivity contribution in [3.63, 3.8) is 0 Å². The Morgan fingerprint density at radius 3 is 2.82 bits per heavy atom. The van der Waals surface area contributed by atoms with Crippen LogP contribution in [0.3, 0.4) is 0 Å². The summed E-state index contributed by atoms with van der Waals surface area (Å²) in [5.74, 6) is 0.589. The zero-order valence-corrected chi connectivity index (χ0v) is 13.6. The average molecular weight is 428 g/mol. The number of benzene rings is 1. The van der Waals surface area contributed by atoms with Crippen LogP contribution in [-0.2, 0) is 0 Å². The van der Waals surface area contributed by atoms with Gasteiger partial charge in [-0.1, -0.05) is 15.9 Å². The summed E-state index contributed by atoms with van der Waals surface area (Å²) < 4.78 is 1.92. The quantitative estimate of drug-likeness (QED) is 0.526. The van der Waals surface area contributed by atoms with E-state index < -0.39 is 0 Å². The molecule has 2 rings (SSSR count). The summed E-state index contributed by atoms with van der Waals surface area (Å²) in [7, 11) is 0. The zero-order chi connectivity index (χ0) is 12.4. The second-order valence-electron chi connectivity index (χ2n) is 4.04. The molecule has 0 aliphatic heterocycles. The van der Waals surface area contributed by atoms with Gasteiger partial charge in [0.05, 0.1) is 5.56 Å². The van der Waals surface area contributed by atoms with Gasteiger partial charge in [0.1, 0.15) is 0 Å². The van der Waals surface area contributed by atoms with Gasteiger partial charge in [-0.05, 0) is 53.6 Å². The molecule has 1 aliphatic rings. The summed E-state index contributed by atoms with van der Waals surface area (Å²) in [6.45, 7) is 0.633. The van der Waals surface area contributed by atoms with E-state index in [0.717, 1.165) is 26.4 Å². The maximum Gasteiger partial charge on any atom is 0.255 e. The molecule has 5 heteroatoms. The highest BCUT2D eigenvalue weighted by atomic mass is 127. The fourth-order valence-electron chi connectivity index (χ4n) is 1.74. The van der Waals surface area contributed by atoms with Crippen LogP contribution < -0.4 is 0 Å². The molecule has 1 aromatic carbocycles. The number of hydrogen-bond acceptors (Lipinski definition) is 1. The highest BCUT2D eigenvalue weighted by molar-refractivity contribution is 14.1. The number of hydrogen-bond donors (Lipinski definition) is 0. The van der Waals surface area contributed by atoms with Crippen LogP contribution in [0.2, 0.25) is 0 Å². The standard InChI is InChI=1S/C12H12BrClINO/c13-8-1-4-11(15)10(7-8)12(17)16(6-5-14)9-2-3-9/h1,4,7,9H,2-3,5-6H2. The van der Waals surface area contributed by atoms with Crippen LogP contribution in [0, 0.1) is 3.57 Å². The maximum atomic E-state index is 12.4. The molecule has 0 N–H and O–H groups in total. The fraction of sp³-hybridized carbons (Fsp3) is 0.417. The van der Waals surface area contributed by atoms with Crippen molar-refractivity contribution in [3.8, 4) is 0 Å². The molecule has 0 radical (unpaired) electrons. The van der Waals surface area contributed by atoms with Gasteiger partial charge in [-0.15, -0.1) is 11.6 Å². The van der Waals surface area contributed by atoms with Gasteiger partial charge in [-0.3, -0.25) is 4.79 Å². The van der Waals surface area contributed by atoms with Gasteiger partial charge >= 0.3 is 0 Å². The van der Waals surface area contributed by atoms with E-state index in [9.17, 15) is 4.79 Å². The van der Waals surface area contributed by atoms with Gasteiger partial charge in [0.2, 0.25) is 0 Å². The van der Waals surface area contributed by atoms with Crippen LogP contribution in [-0.4, -0.2) is 29.3 Å². The Morgan fingerprint density at radius 1 is 1.53 bits per heavy atom. The van der Waals surface area contributed by atoms with E-state index in [1.54, 1.807) is 0 Å². The molecule has 1 amide bonds. The lowest BCUT2D eigenvalue weighted by atomic mass is 10.2. The average Bonchev–Trinajstić information content (AvgIpc) is 3.12. The molecule has 1 fully saturated rings. The van der Waals surface area contributed by atoms with Crippen LogP contribution in [0.25, 0.3) is 0 Å². The molecule has 17 heavy (non-hydrogen) atoms. The Morgan fingerprint density at radius 2 is 2.24 bits per heavy atom. The smallest absolute Gasteiger partial charge is 0.255 e. The van der Waals surface area contributed by atoms with Crippen LogP contribution in [0.1, 0.15) is 23.2 Å². The second kappa shape index (κ2) is 5.89. The SMILES string of the molecule is O=C(c1cc(Br)ccc1I)N(CCCl)C1CC1. The lowest BCUT2D eigenvalue weighted by Crippen LogP contribution is -2.35. The molecule has 92 valence electrons. The van der Waals surface area contributed by atoms with Gasteiger partial charge in [0, 0.05) is 26.5 Å². The summed E-state index contributed by atoms with van der Waals surface area (Å²) in [4.78, 5) is 14.3. The third-order valence-electron chi connectivity index (χ3n) is 2.73. The van der Waals surface area contributed by atoms with Crippen molar-refractivity contribution in [1.29, 1.82) is 0 Å². The molecule has 0 heterocycles. The maximum absolute atomic E-state index is 12.4. The molecule has 0 atom stereocenters. The van der Waals surface area contributed by atoms with E-state index in [0.29, 0.717) is 18.5 Å². The first kappa shape index (κ1) is 13.6. The van der Waals surface area contributed by atoms with Crippen molar-refractivity contribution in [1.82, 2.24) is 4.90 Å². The highest BCUT2D eigenvalue weighted by Crippen LogP contribution is 2.29. The van der Waals surface area contributed by atoms with Crippen LogP contribution in [0.5, 0.6) is 0 Å². The number of rotatable bonds is 4. The minimum absolute atomic E-state index is 0.0962. The molecule has 0 aromatic heterocycles. The first-order valence-electron chi connectivity index (χ1n) is 5.45. The molecule has 0 saturated heterocycles. The molecular formula is C12H12BrClINO. The van der Waals surface area contributed by atoms with E-state index in [1.807, 2.05) is 23.1 Å². The van der Waals surface area contributed by atoms with Crippen molar-refractivity contribution in [2.24, 2.45) is 0 Å². The number of halogens is 3. The number of carbonyl (C=O) groups excluding carboxylic acids is 1. The van der Waals surface area contributed by atoms with Crippen LogP contribution in [0.4, 0.5) is 0 Å². The Kier molecular flexibility index (Phi) is 4.72. The largest absolute Gasteiger partial charge is 0.334 e. The van der Waals surface area contributed by atoms with Gasteiger partial charge in [0.25, 0.3) is 5.91 Å². The molecular weight excluding hydrogens is 416 g/mol. The molecule has 2 nitrogen and oxygen atoms in total. The van der Waals surface area contributed by atoms with Crippen LogP contribution in [0.15, 0.2) is 22.7 Å². The molecule has 1 aliphatic carbocycles. The topological polar surface area (TPSA) is 20.3 Å². The predicted octanol–water partition coefficient (Wildman–Crippen LogP) is 3.90. The second-order valence-corrected chi connectivity index (χ2v) is 6.50. The molecule has 0 unspecified atom stereocenters. The monoisotopic (exact) mass is 427 g/mol. The lowest BCUT2D eigenvalue weighted by Gasteiger charge is -2.22. The van der Waals surface area contributed by atoms with Gasteiger partial charge in [-0.2, -0.15) is 0 Å². The Balaban J connectivity index is 2.24. The lowest BCUT2D eigenvalue weighted by molar-refractivity contribution is 0.0752. The van der Waals surface area contributed by atoms with Crippen molar-refractivity contribution in [2.75, 3.05) is 12.4 Å².